The fourth-order valence-corrected chi connectivity index (χ4v) is 3.92. The number of ether oxygens (including phenoxy) is 2. The van der Waals surface area contributed by atoms with E-state index in [0.29, 0.717) is 18.1 Å². The first-order valence-electron chi connectivity index (χ1n) is 6.73. The zero-order valence-electron chi connectivity index (χ0n) is 11.7. The van der Waals surface area contributed by atoms with Crippen LogP contribution in [0, 0.1) is 6.92 Å². The number of rotatable bonds is 3. The Hall–Kier alpha value is -1.69. The van der Waals surface area contributed by atoms with Gasteiger partial charge in [-0.2, -0.15) is 0 Å². The van der Waals surface area contributed by atoms with E-state index in [9.17, 15) is 8.42 Å². The average molecular weight is 304 g/mol. The Labute approximate surface area is 124 Å². The molecule has 5 heteroatoms. The van der Waals surface area contributed by atoms with Crippen molar-refractivity contribution in [3.8, 4) is 0 Å². The van der Waals surface area contributed by atoms with Gasteiger partial charge in [0.25, 0.3) is 0 Å². The molecule has 0 amide bonds. The monoisotopic (exact) mass is 304 g/mol. The number of benzene rings is 2. The Morgan fingerprint density at radius 3 is 2.43 bits per heavy atom. The first kappa shape index (κ1) is 14.3. The molecule has 1 saturated heterocycles. The summed E-state index contributed by atoms with van der Waals surface area (Å²) >= 11 is 0. The maximum atomic E-state index is 12.7. The fraction of sp³-hybridized carbons (Fsp3) is 0.250. The summed E-state index contributed by atoms with van der Waals surface area (Å²) in [5, 5.41) is 0. The Morgan fingerprint density at radius 2 is 1.71 bits per heavy atom. The average Bonchev–Trinajstić information content (AvgIpc) is 3.02. The van der Waals surface area contributed by atoms with E-state index in [0.717, 1.165) is 11.1 Å². The van der Waals surface area contributed by atoms with Crippen LogP contribution in [-0.2, 0) is 19.3 Å². The molecule has 1 heterocycles. The molecule has 0 radical (unpaired) electrons. The molecule has 0 unspecified atom stereocenters. The lowest BCUT2D eigenvalue weighted by atomic mass is 10.2. The molecule has 110 valence electrons. The van der Waals surface area contributed by atoms with Gasteiger partial charge in [0.1, 0.15) is 0 Å². The van der Waals surface area contributed by atoms with Crippen molar-refractivity contribution in [2.75, 3.05) is 13.2 Å². The second kappa shape index (κ2) is 5.60. The first-order chi connectivity index (χ1) is 10.1. The molecule has 0 aromatic heterocycles. The van der Waals surface area contributed by atoms with Crippen molar-refractivity contribution in [2.24, 2.45) is 0 Å². The molecule has 0 aliphatic carbocycles. The van der Waals surface area contributed by atoms with Crippen molar-refractivity contribution >= 4 is 9.84 Å². The molecule has 0 N–H and O–H groups in total. The zero-order chi connectivity index (χ0) is 14.9. The predicted molar refractivity (Wildman–Crippen MR) is 77.7 cm³/mol. The van der Waals surface area contributed by atoms with Gasteiger partial charge in [-0.15, -0.1) is 0 Å². The summed E-state index contributed by atoms with van der Waals surface area (Å²) in [6, 6.07) is 13.7. The fourth-order valence-electron chi connectivity index (χ4n) is 2.36. The van der Waals surface area contributed by atoms with Crippen LogP contribution in [0.3, 0.4) is 0 Å². The van der Waals surface area contributed by atoms with Gasteiger partial charge in [-0.25, -0.2) is 8.42 Å². The Bertz CT molecular complexity index is 746. The summed E-state index contributed by atoms with van der Waals surface area (Å²) in [4.78, 5) is 0.587. The second-order valence-corrected chi connectivity index (χ2v) is 6.83. The van der Waals surface area contributed by atoms with Gasteiger partial charge in [-0.3, -0.25) is 0 Å². The molecular weight excluding hydrogens is 288 g/mol. The van der Waals surface area contributed by atoms with Crippen LogP contribution in [0.5, 0.6) is 0 Å². The first-order valence-corrected chi connectivity index (χ1v) is 8.21. The molecule has 2 aromatic carbocycles. The highest BCUT2D eigenvalue weighted by atomic mass is 32.2. The summed E-state index contributed by atoms with van der Waals surface area (Å²) in [5.41, 5.74) is 1.46. The van der Waals surface area contributed by atoms with Crippen LogP contribution in [0.25, 0.3) is 0 Å². The molecule has 1 fully saturated rings. The van der Waals surface area contributed by atoms with Crippen molar-refractivity contribution in [1.82, 2.24) is 0 Å². The van der Waals surface area contributed by atoms with Gasteiger partial charge in [-0.05, 0) is 30.7 Å². The molecule has 4 nitrogen and oxygen atoms in total. The highest BCUT2D eigenvalue weighted by Gasteiger charge is 2.23. The molecule has 0 bridgehead atoms. The highest BCUT2D eigenvalue weighted by molar-refractivity contribution is 7.91. The van der Waals surface area contributed by atoms with Crippen LogP contribution < -0.4 is 0 Å². The minimum absolute atomic E-state index is 0.258. The van der Waals surface area contributed by atoms with Crippen LogP contribution in [0.4, 0.5) is 0 Å². The Morgan fingerprint density at radius 1 is 1.00 bits per heavy atom. The largest absolute Gasteiger partial charge is 0.346 e. The van der Waals surface area contributed by atoms with Gasteiger partial charge in [-0.1, -0.05) is 30.3 Å². The SMILES string of the molecule is Cc1ccccc1S(=O)(=O)c1cccc(C2OCCO2)c1. The van der Waals surface area contributed by atoms with Crippen molar-refractivity contribution in [3.63, 3.8) is 0 Å². The number of sulfone groups is 1. The van der Waals surface area contributed by atoms with E-state index in [4.69, 9.17) is 9.47 Å². The zero-order valence-corrected chi connectivity index (χ0v) is 12.5. The number of aryl methyl sites for hydroxylation is 1. The third-order valence-corrected chi connectivity index (χ3v) is 5.36. The summed E-state index contributed by atoms with van der Waals surface area (Å²) < 4.78 is 36.3. The van der Waals surface area contributed by atoms with Gasteiger partial charge in [0, 0.05) is 5.56 Å². The van der Waals surface area contributed by atoms with E-state index in [1.807, 2.05) is 12.1 Å². The summed E-state index contributed by atoms with van der Waals surface area (Å²) in [6.45, 7) is 2.85. The third kappa shape index (κ3) is 2.72. The minimum atomic E-state index is -3.53. The van der Waals surface area contributed by atoms with Crippen LogP contribution in [0.2, 0.25) is 0 Å². The maximum absolute atomic E-state index is 12.7. The third-order valence-electron chi connectivity index (χ3n) is 3.45. The summed E-state index contributed by atoms with van der Waals surface area (Å²) in [6.07, 6.45) is -0.475. The molecule has 0 atom stereocenters. The van der Waals surface area contributed by atoms with E-state index in [1.165, 1.54) is 0 Å². The standard InChI is InChI=1S/C16H16O4S/c1-12-5-2-3-8-15(12)21(17,18)14-7-4-6-13(11-14)16-19-9-10-20-16/h2-8,11,16H,9-10H2,1H3. The molecule has 1 aliphatic rings. The molecule has 0 spiro atoms. The van der Waals surface area contributed by atoms with Gasteiger partial charge >= 0.3 is 0 Å². The molecule has 0 saturated carbocycles. The van der Waals surface area contributed by atoms with Gasteiger partial charge in [0.15, 0.2) is 6.29 Å². The highest BCUT2D eigenvalue weighted by Crippen LogP contribution is 2.28. The van der Waals surface area contributed by atoms with Crippen molar-refractivity contribution in [1.29, 1.82) is 0 Å². The number of hydrogen-bond donors (Lipinski definition) is 0. The van der Waals surface area contributed by atoms with Crippen molar-refractivity contribution in [3.05, 3.63) is 59.7 Å². The molecule has 21 heavy (non-hydrogen) atoms. The van der Waals surface area contributed by atoms with E-state index in [1.54, 1.807) is 43.3 Å². The lowest BCUT2D eigenvalue weighted by Crippen LogP contribution is -2.06. The normalized spacial score (nSPS) is 16.2. The van der Waals surface area contributed by atoms with E-state index >= 15 is 0 Å². The van der Waals surface area contributed by atoms with E-state index in [-0.39, 0.29) is 4.90 Å². The van der Waals surface area contributed by atoms with E-state index in [2.05, 4.69) is 0 Å². The van der Waals surface area contributed by atoms with Crippen molar-refractivity contribution < 1.29 is 17.9 Å². The lowest BCUT2D eigenvalue weighted by Gasteiger charge is -2.12. The van der Waals surface area contributed by atoms with E-state index < -0.39 is 16.1 Å². The van der Waals surface area contributed by atoms with Gasteiger partial charge in [0.2, 0.25) is 9.84 Å². The Kier molecular flexibility index (Phi) is 3.80. The molecule has 2 aromatic rings. The maximum Gasteiger partial charge on any atom is 0.206 e. The second-order valence-electron chi connectivity index (χ2n) is 4.91. The van der Waals surface area contributed by atoms with Gasteiger partial charge < -0.3 is 9.47 Å². The number of hydrogen-bond acceptors (Lipinski definition) is 4. The van der Waals surface area contributed by atoms with Crippen molar-refractivity contribution in [2.45, 2.75) is 23.0 Å². The van der Waals surface area contributed by atoms with Crippen LogP contribution >= 0.6 is 0 Å². The van der Waals surface area contributed by atoms with Crippen LogP contribution in [0.15, 0.2) is 58.3 Å². The molecule has 1 aliphatic heterocycles. The van der Waals surface area contributed by atoms with Gasteiger partial charge in [0.05, 0.1) is 23.0 Å². The minimum Gasteiger partial charge on any atom is -0.346 e. The molecular formula is C16H16O4S. The summed E-state index contributed by atoms with van der Waals surface area (Å²) in [5.74, 6) is 0. The molecule has 3 rings (SSSR count). The quantitative estimate of drug-likeness (QED) is 0.875. The Balaban J connectivity index is 2.03. The topological polar surface area (TPSA) is 52.6 Å². The van der Waals surface area contributed by atoms with Crippen LogP contribution in [-0.4, -0.2) is 21.6 Å². The summed E-state index contributed by atoms with van der Waals surface area (Å²) in [7, 11) is -3.53. The lowest BCUT2D eigenvalue weighted by molar-refractivity contribution is -0.0442. The smallest absolute Gasteiger partial charge is 0.206 e. The predicted octanol–water partition coefficient (Wildman–Crippen LogP) is 2.87. The van der Waals surface area contributed by atoms with Crippen LogP contribution in [0.1, 0.15) is 17.4 Å².